The molecule has 5 heteroatoms. The molecular formula is C11H9BrClN3. The molecule has 1 heterocycles. The van der Waals surface area contributed by atoms with Gasteiger partial charge in [0.05, 0.1) is 11.4 Å². The maximum absolute atomic E-state index is 5.80. The highest BCUT2D eigenvalue weighted by atomic mass is 79.9. The van der Waals surface area contributed by atoms with Crippen LogP contribution in [0.1, 0.15) is 0 Å². The lowest BCUT2D eigenvalue weighted by molar-refractivity contribution is 1.31. The van der Waals surface area contributed by atoms with Crippen LogP contribution in [0.3, 0.4) is 0 Å². The van der Waals surface area contributed by atoms with E-state index in [0.29, 0.717) is 16.7 Å². The number of nitrogens with two attached hydrogens (primary N) is 1. The van der Waals surface area contributed by atoms with E-state index in [9.17, 15) is 0 Å². The van der Waals surface area contributed by atoms with Gasteiger partial charge in [-0.1, -0.05) is 23.7 Å². The molecule has 2 aromatic rings. The van der Waals surface area contributed by atoms with Gasteiger partial charge in [-0.2, -0.15) is 0 Å². The minimum atomic E-state index is 0.406. The van der Waals surface area contributed by atoms with E-state index in [0.717, 1.165) is 10.2 Å². The minimum Gasteiger partial charge on any atom is -0.396 e. The fourth-order valence-electron chi connectivity index (χ4n) is 1.24. The number of halogens is 2. The van der Waals surface area contributed by atoms with Gasteiger partial charge in [0.2, 0.25) is 0 Å². The van der Waals surface area contributed by atoms with E-state index in [1.807, 2.05) is 24.3 Å². The maximum atomic E-state index is 5.80. The second-order valence-corrected chi connectivity index (χ2v) is 4.42. The lowest BCUT2D eigenvalue weighted by atomic mass is 10.3. The summed E-state index contributed by atoms with van der Waals surface area (Å²) in [5, 5.41) is 3.52. The summed E-state index contributed by atoms with van der Waals surface area (Å²) < 4.78 is 0.941. The first-order valence-corrected chi connectivity index (χ1v) is 5.77. The van der Waals surface area contributed by atoms with Crippen LogP contribution in [-0.4, -0.2) is 4.98 Å². The van der Waals surface area contributed by atoms with E-state index in [2.05, 4.69) is 26.2 Å². The first-order chi connectivity index (χ1) is 7.66. The second kappa shape index (κ2) is 4.72. The number of hydrogen-bond donors (Lipinski definition) is 2. The van der Waals surface area contributed by atoms with E-state index in [4.69, 9.17) is 17.3 Å². The van der Waals surface area contributed by atoms with Crippen LogP contribution in [0.2, 0.25) is 5.15 Å². The number of hydrogen-bond acceptors (Lipinski definition) is 3. The monoisotopic (exact) mass is 297 g/mol. The summed E-state index contributed by atoms with van der Waals surface area (Å²) >= 11 is 9.24. The van der Waals surface area contributed by atoms with Gasteiger partial charge >= 0.3 is 0 Å². The Bertz CT molecular complexity index is 516. The van der Waals surface area contributed by atoms with Gasteiger partial charge in [-0.25, -0.2) is 4.98 Å². The van der Waals surface area contributed by atoms with Crippen molar-refractivity contribution >= 4 is 44.7 Å². The van der Waals surface area contributed by atoms with Crippen molar-refractivity contribution in [3.8, 4) is 0 Å². The molecule has 0 aliphatic heterocycles. The van der Waals surface area contributed by atoms with Crippen LogP contribution in [0.25, 0.3) is 0 Å². The summed E-state index contributed by atoms with van der Waals surface area (Å²) in [5.41, 5.74) is 7.24. The summed E-state index contributed by atoms with van der Waals surface area (Å²) in [5.74, 6) is 0.555. The zero-order chi connectivity index (χ0) is 11.5. The predicted octanol–water partition coefficient (Wildman–Crippen LogP) is 3.82. The summed E-state index contributed by atoms with van der Waals surface area (Å²) in [4.78, 5) is 4.12. The number of rotatable bonds is 2. The fraction of sp³-hybridized carbons (Fsp3) is 0. The number of nitrogen functional groups attached to an aromatic ring is 1. The number of nitrogens with zero attached hydrogens (tertiary/aromatic N) is 1. The Morgan fingerprint density at radius 1 is 1.19 bits per heavy atom. The molecule has 0 fully saturated rings. The first kappa shape index (κ1) is 11.2. The SMILES string of the molecule is Nc1ccc(Cl)nc1Nc1ccccc1Br. The zero-order valence-corrected chi connectivity index (χ0v) is 10.6. The van der Waals surface area contributed by atoms with E-state index < -0.39 is 0 Å². The second-order valence-electron chi connectivity index (χ2n) is 3.18. The van der Waals surface area contributed by atoms with E-state index in [1.165, 1.54) is 0 Å². The molecular weight excluding hydrogens is 289 g/mol. The van der Waals surface area contributed by atoms with Crippen LogP contribution >= 0.6 is 27.5 Å². The Morgan fingerprint density at radius 3 is 2.69 bits per heavy atom. The third-order valence-corrected chi connectivity index (χ3v) is 2.92. The number of anilines is 3. The van der Waals surface area contributed by atoms with Gasteiger partial charge in [0.15, 0.2) is 5.82 Å². The molecule has 82 valence electrons. The highest BCUT2D eigenvalue weighted by Gasteiger charge is 2.04. The molecule has 0 saturated heterocycles. The highest BCUT2D eigenvalue weighted by Crippen LogP contribution is 2.27. The summed E-state index contributed by atoms with van der Waals surface area (Å²) in [6.45, 7) is 0. The molecule has 3 nitrogen and oxygen atoms in total. The Kier molecular flexibility index (Phi) is 3.31. The Balaban J connectivity index is 2.34. The lowest BCUT2D eigenvalue weighted by Crippen LogP contribution is -1.99. The van der Waals surface area contributed by atoms with Gasteiger partial charge in [-0.3, -0.25) is 0 Å². The fourth-order valence-corrected chi connectivity index (χ4v) is 1.77. The topological polar surface area (TPSA) is 50.9 Å². The molecule has 2 rings (SSSR count). The number of pyridine rings is 1. The van der Waals surface area contributed by atoms with Crippen LogP contribution in [-0.2, 0) is 0 Å². The first-order valence-electron chi connectivity index (χ1n) is 4.60. The minimum absolute atomic E-state index is 0.406. The zero-order valence-electron chi connectivity index (χ0n) is 8.24. The smallest absolute Gasteiger partial charge is 0.155 e. The number of aromatic nitrogens is 1. The van der Waals surface area contributed by atoms with Gasteiger partial charge in [0.1, 0.15) is 5.15 Å². The van der Waals surface area contributed by atoms with Crippen molar-refractivity contribution in [2.45, 2.75) is 0 Å². The molecule has 0 spiro atoms. The maximum Gasteiger partial charge on any atom is 0.155 e. The van der Waals surface area contributed by atoms with Crippen molar-refractivity contribution in [1.82, 2.24) is 4.98 Å². The highest BCUT2D eigenvalue weighted by molar-refractivity contribution is 9.10. The van der Waals surface area contributed by atoms with Crippen molar-refractivity contribution in [3.05, 3.63) is 46.0 Å². The van der Waals surface area contributed by atoms with Crippen LogP contribution in [0.5, 0.6) is 0 Å². The molecule has 0 bridgehead atoms. The van der Waals surface area contributed by atoms with Gasteiger partial charge in [-0.05, 0) is 40.2 Å². The molecule has 3 N–H and O–H groups in total. The van der Waals surface area contributed by atoms with Crippen molar-refractivity contribution in [1.29, 1.82) is 0 Å². The normalized spacial score (nSPS) is 10.1. The quantitative estimate of drug-likeness (QED) is 0.829. The molecule has 1 aromatic heterocycles. The molecule has 0 atom stereocenters. The number of para-hydroxylation sites is 1. The standard InChI is InChI=1S/C11H9BrClN3/c12-7-3-1-2-4-9(7)15-11-8(14)5-6-10(13)16-11/h1-6H,14H2,(H,15,16). The third-order valence-electron chi connectivity index (χ3n) is 2.02. The van der Waals surface area contributed by atoms with Crippen LogP contribution in [0, 0.1) is 0 Å². The summed E-state index contributed by atoms with van der Waals surface area (Å²) in [6.07, 6.45) is 0. The van der Waals surface area contributed by atoms with Gasteiger partial charge in [-0.15, -0.1) is 0 Å². The third kappa shape index (κ3) is 2.46. The van der Waals surface area contributed by atoms with Gasteiger partial charge in [0, 0.05) is 4.47 Å². The molecule has 0 radical (unpaired) electrons. The van der Waals surface area contributed by atoms with Gasteiger partial charge < -0.3 is 11.1 Å². The number of nitrogens with one attached hydrogen (secondary N) is 1. The molecule has 0 amide bonds. The molecule has 1 aromatic carbocycles. The van der Waals surface area contributed by atoms with E-state index >= 15 is 0 Å². The van der Waals surface area contributed by atoms with Crippen molar-refractivity contribution in [2.75, 3.05) is 11.1 Å². The van der Waals surface area contributed by atoms with Crippen LogP contribution in [0.4, 0.5) is 17.2 Å². The van der Waals surface area contributed by atoms with Crippen LogP contribution in [0.15, 0.2) is 40.9 Å². The average Bonchev–Trinajstić information content (AvgIpc) is 2.27. The van der Waals surface area contributed by atoms with Crippen molar-refractivity contribution in [3.63, 3.8) is 0 Å². The largest absolute Gasteiger partial charge is 0.396 e. The Hall–Kier alpha value is -1.26. The van der Waals surface area contributed by atoms with Crippen LogP contribution < -0.4 is 11.1 Å². The predicted molar refractivity (Wildman–Crippen MR) is 71.1 cm³/mol. The molecule has 0 unspecified atom stereocenters. The summed E-state index contributed by atoms with van der Waals surface area (Å²) in [6, 6.07) is 11.1. The Labute approximate surface area is 107 Å². The van der Waals surface area contributed by atoms with Gasteiger partial charge in [0.25, 0.3) is 0 Å². The summed E-state index contributed by atoms with van der Waals surface area (Å²) in [7, 11) is 0. The molecule has 0 aliphatic rings. The average molecular weight is 299 g/mol. The van der Waals surface area contributed by atoms with Crippen molar-refractivity contribution < 1.29 is 0 Å². The lowest BCUT2D eigenvalue weighted by Gasteiger charge is -2.09. The molecule has 16 heavy (non-hydrogen) atoms. The molecule has 0 saturated carbocycles. The Morgan fingerprint density at radius 2 is 1.94 bits per heavy atom. The van der Waals surface area contributed by atoms with E-state index in [-0.39, 0.29) is 0 Å². The van der Waals surface area contributed by atoms with Crippen molar-refractivity contribution in [2.24, 2.45) is 0 Å². The molecule has 0 aliphatic carbocycles. The van der Waals surface area contributed by atoms with E-state index in [1.54, 1.807) is 12.1 Å². The number of benzene rings is 1.